The van der Waals surface area contributed by atoms with Gasteiger partial charge < -0.3 is 5.32 Å². The van der Waals surface area contributed by atoms with Crippen molar-refractivity contribution in [3.8, 4) is 0 Å². The summed E-state index contributed by atoms with van der Waals surface area (Å²) in [6.45, 7) is 0.472. The van der Waals surface area contributed by atoms with Crippen LogP contribution in [0.5, 0.6) is 0 Å². The molecule has 1 aliphatic rings. The first-order valence-corrected chi connectivity index (χ1v) is 4.38. The minimum Gasteiger partial charge on any atom is -0.346 e. The summed E-state index contributed by atoms with van der Waals surface area (Å²) in [5, 5.41) is 12.6. The number of carbonyl (C=O) groups excluding carboxylic acids is 1. The van der Waals surface area contributed by atoms with Gasteiger partial charge in [-0.1, -0.05) is 12.1 Å². The number of nitrogens with zero attached hydrogens (tertiary/aromatic N) is 2. The predicted octanol–water partition coefficient (Wildman–Crippen LogP) is 0.873. The first-order valence-electron chi connectivity index (χ1n) is 4.38. The van der Waals surface area contributed by atoms with Gasteiger partial charge in [-0.2, -0.15) is 10.2 Å². The van der Waals surface area contributed by atoms with Crippen LogP contribution in [0.15, 0.2) is 24.4 Å². The van der Waals surface area contributed by atoms with Crippen LogP contribution >= 0.6 is 0 Å². The molecule has 2 heterocycles. The maximum Gasteiger partial charge on any atom is 0.252 e. The highest BCUT2D eigenvalue weighted by molar-refractivity contribution is 6.09. The Hall–Kier alpha value is -1.97. The summed E-state index contributed by atoms with van der Waals surface area (Å²) in [4.78, 5) is 11.5. The number of amides is 1. The molecule has 1 N–H and O–H groups in total. The summed E-state index contributed by atoms with van der Waals surface area (Å²) in [5.41, 5.74) is 1.54. The number of hydrogen-bond acceptors (Lipinski definition) is 3. The Morgan fingerprint density at radius 3 is 3.21 bits per heavy atom. The number of carbonyl (C=O) groups is 1. The number of rotatable bonds is 0. The van der Waals surface area contributed by atoms with Gasteiger partial charge in [-0.25, -0.2) is 0 Å². The molecule has 0 bridgehead atoms. The molecule has 14 heavy (non-hydrogen) atoms. The van der Waals surface area contributed by atoms with E-state index in [4.69, 9.17) is 0 Å². The number of benzene rings is 1. The lowest BCUT2D eigenvalue weighted by molar-refractivity contribution is 0.0948. The van der Waals surface area contributed by atoms with Crippen molar-refractivity contribution in [3.63, 3.8) is 0 Å². The fourth-order valence-electron chi connectivity index (χ4n) is 1.78. The molecule has 0 saturated carbocycles. The zero-order valence-corrected chi connectivity index (χ0v) is 7.32. The van der Waals surface area contributed by atoms with E-state index in [1.54, 1.807) is 6.20 Å². The zero-order valence-electron chi connectivity index (χ0n) is 7.32. The van der Waals surface area contributed by atoms with Crippen molar-refractivity contribution in [1.82, 2.24) is 15.5 Å². The monoisotopic (exact) mass is 185 g/mol. The standard InChI is InChI=1S/C10H7N3O/c14-10-7-3-1-2-6-4-12-13-8(5-11-10)9(6)7/h1-4H,5H2,(H,11,14). The van der Waals surface area contributed by atoms with Crippen molar-refractivity contribution >= 4 is 16.7 Å². The van der Waals surface area contributed by atoms with Gasteiger partial charge in [0.2, 0.25) is 0 Å². The summed E-state index contributed by atoms with van der Waals surface area (Å²) >= 11 is 0. The van der Waals surface area contributed by atoms with Crippen LogP contribution in [0.1, 0.15) is 16.1 Å². The molecule has 0 saturated heterocycles. The van der Waals surface area contributed by atoms with E-state index in [0.717, 1.165) is 16.5 Å². The average molecular weight is 185 g/mol. The van der Waals surface area contributed by atoms with Crippen LogP contribution in [0.3, 0.4) is 0 Å². The second-order valence-corrected chi connectivity index (χ2v) is 3.24. The Labute approximate surface area is 80.0 Å². The van der Waals surface area contributed by atoms with E-state index in [-0.39, 0.29) is 5.91 Å². The Balaban J connectivity index is 2.52. The molecular weight excluding hydrogens is 178 g/mol. The lowest BCUT2D eigenvalue weighted by Gasteiger charge is -2.15. The van der Waals surface area contributed by atoms with Gasteiger partial charge in [0, 0.05) is 16.3 Å². The highest BCUT2D eigenvalue weighted by atomic mass is 16.1. The molecule has 1 amide bonds. The molecule has 2 aromatic rings. The van der Waals surface area contributed by atoms with Gasteiger partial charge in [-0.3, -0.25) is 4.79 Å². The van der Waals surface area contributed by atoms with Crippen molar-refractivity contribution in [1.29, 1.82) is 0 Å². The van der Waals surface area contributed by atoms with Crippen LogP contribution in [-0.2, 0) is 6.54 Å². The van der Waals surface area contributed by atoms with Gasteiger partial charge in [0.05, 0.1) is 18.4 Å². The fourth-order valence-corrected chi connectivity index (χ4v) is 1.78. The van der Waals surface area contributed by atoms with E-state index in [2.05, 4.69) is 15.5 Å². The van der Waals surface area contributed by atoms with Crippen LogP contribution in [-0.4, -0.2) is 16.1 Å². The number of aromatic nitrogens is 2. The SMILES string of the molecule is O=C1NCc2nncc3cccc1c23. The molecule has 0 aliphatic carbocycles. The third kappa shape index (κ3) is 0.849. The van der Waals surface area contributed by atoms with Gasteiger partial charge in [0.1, 0.15) is 0 Å². The van der Waals surface area contributed by atoms with Crippen LogP contribution in [0.4, 0.5) is 0 Å². The molecule has 1 aromatic heterocycles. The summed E-state index contributed by atoms with van der Waals surface area (Å²) in [6.07, 6.45) is 1.68. The molecule has 1 aliphatic heterocycles. The maximum atomic E-state index is 11.5. The van der Waals surface area contributed by atoms with Crippen molar-refractivity contribution in [3.05, 3.63) is 35.7 Å². The minimum absolute atomic E-state index is 0.0314. The Bertz CT molecular complexity index is 531. The first-order chi connectivity index (χ1) is 6.86. The van der Waals surface area contributed by atoms with E-state index >= 15 is 0 Å². The molecule has 1 aromatic carbocycles. The van der Waals surface area contributed by atoms with Crippen LogP contribution in [0, 0.1) is 0 Å². The highest BCUT2D eigenvalue weighted by Crippen LogP contribution is 2.23. The molecule has 68 valence electrons. The van der Waals surface area contributed by atoms with Crippen molar-refractivity contribution in [2.24, 2.45) is 0 Å². The highest BCUT2D eigenvalue weighted by Gasteiger charge is 2.18. The van der Waals surface area contributed by atoms with E-state index in [1.165, 1.54) is 0 Å². The molecular formula is C10H7N3O. The predicted molar refractivity (Wildman–Crippen MR) is 50.7 cm³/mol. The molecule has 0 radical (unpaired) electrons. The smallest absolute Gasteiger partial charge is 0.252 e. The van der Waals surface area contributed by atoms with Crippen LogP contribution in [0.25, 0.3) is 10.8 Å². The third-order valence-corrected chi connectivity index (χ3v) is 2.42. The average Bonchev–Trinajstić information content (AvgIpc) is 2.24. The molecule has 0 spiro atoms. The number of nitrogens with one attached hydrogen (secondary N) is 1. The minimum atomic E-state index is -0.0314. The van der Waals surface area contributed by atoms with Gasteiger partial charge in [0.15, 0.2) is 0 Å². The van der Waals surface area contributed by atoms with Gasteiger partial charge in [-0.15, -0.1) is 0 Å². The quantitative estimate of drug-likeness (QED) is 0.662. The third-order valence-electron chi connectivity index (χ3n) is 2.42. The van der Waals surface area contributed by atoms with Gasteiger partial charge in [-0.05, 0) is 6.07 Å². The van der Waals surface area contributed by atoms with E-state index in [1.807, 2.05) is 18.2 Å². The largest absolute Gasteiger partial charge is 0.346 e. The van der Waals surface area contributed by atoms with E-state index in [0.29, 0.717) is 12.1 Å². The van der Waals surface area contributed by atoms with Crippen molar-refractivity contribution < 1.29 is 4.79 Å². The molecule has 0 unspecified atom stereocenters. The topological polar surface area (TPSA) is 54.9 Å². The van der Waals surface area contributed by atoms with Gasteiger partial charge >= 0.3 is 0 Å². The summed E-state index contributed by atoms with van der Waals surface area (Å²) in [6, 6.07) is 5.60. The van der Waals surface area contributed by atoms with Gasteiger partial charge in [0.25, 0.3) is 5.91 Å². The van der Waals surface area contributed by atoms with E-state index in [9.17, 15) is 4.79 Å². The fraction of sp³-hybridized carbons (Fsp3) is 0.100. The van der Waals surface area contributed by atoms with Crippen LogP contribution in [0.2, 0.25) is 0 Å². The lowest BCUT2D eigenvalue weighted by Crippen LogP contribution is -2.28. The first kappa shape index (κ1) is 7.44. The Kier molecular flexibility index (Phi) is 1.33. The molecule has 4 heteroatoms. The Morgan fingerprint density at radius 2 is 2.29 bits per heavy atom. The molecule has 4 nitrogen and oxygen atoms in total. The van der Waals surface area contributed by atoms with E-state index < -0.39 is 0 Å². The number of hydrogen-bond donors (Lipinski definition) is 1. The lowest BCUT2D eigenvalue weighted by atomic mass is 10.0. The summed E-state index contributed by atoms with van der Waals surface area (Å²) < 4.78 is 0. The molecule has 0 atom stereocenters. The summed E-state index contributed by atoms with van der Waals surface area (Å²) in [7, 11) is 0. The zero-order chi connectivity index (χ0) is 9.54. The molecule has 0 fully saturated rings. The normalized spacial score (nSPS) is 14.1. The van der Waals surface area contributed by atoms with Crippen molar-refractivity contribution in [2.45, 2.75) is 6.54 Å². The maximum absolute atomic E-state index is 11.5. The molecule has 3 rings (SSSR count). The second kappa shape index (κ2) is 2.51. The second-order valence-electron chi connectivity index (χ2n) is 3.24. The Morgan fingerprint density at radius 1 is 1.36 bits per heavy atom. The van der Waals surface area contributed by atoms with Crippen LogP contribution < -0.4 is 5.32 Å². The van der Waals surface area contributed by atoms with Crippen molar-refractivity contribution in [2.75, 3.05) is 0 Å². The summed E-state index contributed by atoms with van der Waals surface area (Å²) in [5.74, 6) is -0.0314.